The van der Waals surface area contributed by atoms with E-state index in [1.165, 1.54) is 30.9 Å². The van der Waals surface area contributed by atoms with Gasteiger partial charge in [-0.2, -0.15) is 9.97 Å². The predicted molar refractivity (Wildman–Crippen MR) is 138 cm³/mol. The molecule has 1 aromatic rings. The summed E-state index contributed by atoms with van der Waals surface area (Å²) in [5.74, 6) is 1.53. The van der Waals surface area contributed by atoms with Crippen LogP contribution in [0.2, 0.25) is 0 Å². The summed E-state index contributed by atoms with van der Waals surface area (Å²) in [6.07, 6.45) is 7.05. The second-order valence-electron chi connectivity index (χ2n) is 7.93. The Morgan fingerprint density at radius 2 is 1.85 bits per heavy atom. The van der Waals surface area contributed by atoms with E-state index >= 15 is 0 Å². The third kappa shape index (κ3) is 8.61. The minimum Gasteiger partial charge on any atom is -0.463 e. The number of hydrogen-bond donors (Lipinski definition) is 1. The Labute approximate surface area is 202 Å². The van der Waals surface area contributed by atoms with E-state index < -0.39 is 0 Å². The van der Waals surface area contributed by atoms with Crippen molar-refractivity contribution in [3.05, 3.63) is 23.9 Å². The van der Waals surface area contributed by atoms with Crippen molar-refractivity contribution < 1.29 is 9.53 Å². The molecule has 3 rings (SSSR count). The van der Waals surface area contributed by atoms with Gasteiger partial charge in [-0.25, -0.2) is 0 Å². The summed E-state index contributed by atoms with van der Waals surface area (Å²) >= 11 is 0. The molecule has 1 amide bonds. The highest BCUT2D eigenvalue weighted by molar-refractivity contribution is 5.87. The Morgan fingerprint density at radius 1 is 1.15 bits per heavy atom. The number of fused-ring (bicyclic) bond motifs is 1. The maximum atomic E-state index is 11.9. The highest BCUT2D eigenvalue weighted by atomic mass is 16.5. The van der Waals surface area contributed by atoms with Crippen molar-refractivity contribution in [1.29, 1.82) is 0 Å². The molecule has 188 valence electrons. The van der Waals surface area contributed by atoms with Gasteiger partial charge in [-0.05, 0) is 31.4 Å². The van der Waals surface area contributed by atoms with Gasteiger partial charge in [0, 0.05) is 38.3 Å². The molecule has 7 heteroatoms. The van der Waals surface area contributed by atoms with Crippen molar-refractivity contribution in [2.75, 3.05) is 44.2 Å². The Bertz CT molecular complexity index is 702. The molecule has 0 saturated carbocycles. The molecule has 0 radical (unpaired) electrons. The summed E-state index contributed by atoms with van der Waals surface area (Å²) in [5.41, 5.74) is 2.26. The number of amides is 1. The van der Waals surface area contributed by atoms with Crippen LogP contribution in [0, 0.1) is 5.92 Å². The second-order valence-corrected chi connectivity index (χ2v) is 7.93. The zero-order valence-electron chi connectivity index (χ0n) is 22.0. The van der Waals surface area contributed by atoms with Crippen molar-refractivity contribution in [2.24, 2.45) is 5.92 Å². The molecule has 1 atom stereocenters. The first-order valence-corrected chi connectivity index (χ1v) is 13.1. The predicted octanol–water partition coefficient (Wildman–Crippen LogP) is 4.60. The SMILES string of the molecule is C=CC(=O)N1CCN(c2nc(OCC(CC)CCCC)nc3c2CCNC3)CC1.CC.CC. The van der Waals surface area contributed by atoms with E-state index in [4.69, 9.17) is 14.7 Å². The molecular weight excluding hydrogens is 414 g/mol. The molecule has 0 spiro atoms. The minimum atomic E-state index is 0.000255. The monoisotopic (exact) mass is 461 g/mol. The highest BCUT2D eigenvalue weighted by Gasteiger charge is 2.26. The van der Waals surface area contributed by atoms with Crippen molar-refractivity contribution >= 4 is 11.7 Å². The lowest BCUT2D eigenvalue weighted by Crippen LogP contribution is -2.49. The lowest BCUT2D eigenvalue weighted by molar-refractivity contribution is -0.126. The molecule has 1 unspecified atom stereocenters. The molecule has 0 aromatic carbocycles. The van der Waals surface area contributed by atoms with Gasteiger partial charge in [-0.1, -0.05) is 67.4 Å². The first-order chi connectivity index (χ1) is 16.2. The first kappa shape index (κ1) is 28.9. The average Bonchev–Trinajstić information content (AvgIpc) is 2.90. The van der Waals surface area contributed by atoms with Crippen molar-refractivity contribution in [1.82, 2.24) is 20.2 Å². The molecule has 33 heavy (non-hydrogen) atoms. The molecule has 1 N–H and O–H groups in total. The summed E-state index contributed by atoms with van der Waals surface area (Å²) in [6, 6.07) is 0.488. The smallest absolute Gasteiger partial charge is 0.318 e. The number of anilines is 1. The Hall–Kier alpha value is -2.15. The number of hydrogen-bond acceptors (Lipinski definition) is 6. The van der Waals surface area contributed by atoms with Crippen LogP contribution >= 0.6 is 0 Å². The number of nitrogens with one attached hydrogen (secondary N) is 1. The largest absolute Gasteiger partial charge is 0.463 e. The van der Waals surface area contributed by atoms with Crippen molar-refractivity contribution in [3.63, 3.8) is 0 Å². The van der Waals surface area contributed by atoms with Crippen LogP contribution in [0.5, 0.6) is 6.01 Å². The number of rotatable bonds is 9. The van der Waals surface area contributed by atoms with Crippen LogP contribution in [0.3, 0.4) is 0 Å². The lowest BCUT2D eigenvalue weighted by Gasteiger charge is -2.36. The Balaban J connectivity index is 0.00000129. The van der Waals surface area contributed by atoms with Crippen LogP contribution in [0.4, 0.5) is 5.82 Å². The highest BCUT2D eigenvalue weighted by Crippen LogP contribution is 2.27. The second kappa shape index (κ2) is 16.5. The maximum Gasteiger partial charge on any atom is 0.318 e. The van der Waals surface area contributed by atoms with E-state index in [-0.39, 0.29) is 5.91 Å². The average molecular weight is 462 g/mol. The van der Waals surface area contributed by atoms with Gasteiger partial charge in [0.1, 0.15) is 5.82 Å². The topological polar surface area (TPSA) is 70.6 Å². The van der Waals surface area contributed by atoms with Crippen LogP contribution in [-0.4, -0.2) is 60.1 Å². The van der Waals surface area contributed by atoms with E-state index in [9.17, 15) is 4.79 Å². The quantitative estimate of drug-likeness (QED) is 0.542. The van der Waals surface area contributed by atoms with E-state index in [0.717, 1.165) is 50.5 Å². The normalized spacial score (nSPS) is 15.8. The fraction of sp³-hybridized carbons (Fsp3) is 0.731. The van der Waals surface area contributed by atoms with E-state index in [1.54, 1.807) is 0 Å². The van der Waals surface area contributed by atoms with Crippen LogP contribution < -0.4 is 15.0 Å². The molecule has 1 fully saturated rings. The third-order valence-electron chi connectivity index (χ3n) is 5.95. The number of carbonyl (C=O) groups is 1. The summed E-state index contributed by atoms with van der Waals surface area (Å²) in [7, 11) is 0. The standard InChI is InChI=1S/C22H35N5O2.2C2H6/c1-4-7-8-17(5-2)16-29-22-24-19-15-23-10-9-18(19)21(25-22)27-13-11-26(12-14-27)20(28)6-3;2*1-2/h6,17,23H,3-5,7-16H2,1-2H3;2*1-2H3. The first-order valence-electron chi connectivity index (χ1n) is 13.1. The van der Waals surface area contributed by atoms with E-state index in [0.29, 0.717) is 31.6 Å². The molecular formula is C26H47N5O2. The zero-order chi connectivity index (χ0) is 24.6. The molecule has 0 aliphatic carbocycles. The van der Waals surface area contributed by atoms with Crippen LogP contribution in [0.15, 0.2) is 12.7 Å². The Morgan fingerprint density at radius 3 is 2.45 bits per heavy atom. The number of unbranched alkanes of at least 4 members (excludes halogenated alkanes) is 1. The van der Waals surface area contributed by atoms with Crippen LogP contribution in [0.25, 0.3) is 0 Å². The molecule has 7 nitrogen and oxygen atoms in total. The lowest BCUT2D eigenvalue weighted by atomic mass is 10.0. The van der Waals surface area contributed by atoms with Gasteiger partial charge in [0.2, 0.25) is 5.91 Å². The molecule has 1 saturated heterocycles. The van der Waals surface area contributed by atoms with Gasteiger partial charge in [-0.3, -0.25) is 4.79 Å². The number of piperazine rings is 1. The van der Waals surface area contributed by atoms with Crippen molar-refractivity contribution in [3.8, 4) is 6.01 Å². The molecule has 2 aliphatic heterocycles. The van der Waals surface area contributed by atoms with Gasteiger partial charge in [0.05, 0.1) is 12.3 Å². The van der Waals surface area contributed by atoms with Gasteiger partial charge in [0.25, 0.3) is 0 Å². The van der Waals surface area contributed by atoms with Crippen molar-refractivity contribution in [2.45, 2.75) is 80.2 Å². The summed E-state index contributed by atoms with van der Waals surface area (Å²) < 4.78 is 6.08. The summed E-state index contributed by atoms with van der Waals surface area (Å²) in [6.45, 7) is 21.3. The fourth-order valence-corrected chi connectivity index (χ4v) is 4.00. The fourth-order valence-electron chi connectivity index (χ4n) is 4.00. The van der Waals surface area contributed by atoms with E-state index in [1.807, 2.05) is 32.6 Å². The molecule has 3 heterocycles. The van der Waals surface area contributed by atoms with Crippen LogP contribution in [0.1, 0.15) is 78.5 Å². The number of carbonyl (C=O) groups excluding carboxylic acids is 1. The van der Waals surface area contributed by atoms with Gasteiger partial charge in [-0.15, -0.1) is 0 Å². The molecule has 2 aliphatic rings. The number of aromatic nitrogens is 2. The van der Waals surface area contributed by atoms with Crippen LogP contribution in [-0.2, 0) is 17.8 Å². The number of ether oxygens (including phenoxy) is 1. The van der Waals surface area contributed by atoms with Gasteiger partial charge >= 0.3 is 6.01 Å². The third-order valence-corrected chi connectivity index (χ3v) is 5.95. The molecule has 0 bridgehead atoms. The summed E-state index contributed by atoms with van der Waals surface area (Å²) in [5, 5.41) is 3.40. The van der Waals surface area contributed by atoms with Gasteiger partial charge < -0.3 is 19.9 Å². The minimum absolute atomic E-state index is 0.000255. The Kier molecular flexibility index (Phi) is 14.4. The van der Waals surface area contributed by atoms with Gasteiger partial charge in [0.15, 0.2) is 0 Å². The van der Waals surface area contributed by atoms with E-state index in [2.05, 4.69) is 30.6 Å². The number of nitrogens with zero attached hydrogens (tertiary/aromatic N) is 4. The maximum absolute atomic E-state index is 11.9. The zero-order valence-corrected chi connectivity index (χ0v) is 22.0. The molecule has 1 aromatic heterocycles. The summed E-state index contributed by atoms with van der Waals surface area (Å²) in [4.78, 5) is 25.5.